The number of nitrogens with zero attached hydrogens (tertiary/aromatic N) is 4. The van der Waals surface area contributed by atoms with Crippen molar-refractivity contribution in [1.82, 2.24) is 20.3 Å². The average molecular weight is 475 g/mol. The fourth-order valence-corrected chi connectivity index (χ4v) is 4.40. The number of anilines is 2. The summed E-state index contributed by atoms with van der Waals surface area (Å²) in [4.78, 5) is 27.8. The molecule has 1 fully saturated rings. The maximum Gasteiger partial charge on any atom is 0.251 e. The first-order valence-electron chi connectivity index (χ1n) is 12.2. The number of carbonyl (C=O) groups excluding carboxylic acids is 1. The minimum absolute atomic E-state index is 0.127. The molecule has 35 heavy (non-hydrogen) atoms. The molecule has 2 atom stereocenters. The van der Waals surface area contributed by atoms with Gasteiger partial charge in [0, 0.05) is 50.1 Å². The molecule has 1 saturated heterocycles. The van der Waals surface area contributed by atoms with E-state index < -0.39 is 0 Å². The Kier molecular flexibility index (Phi) is 7.80. The molecular weight excluding hydrogens is 440 g/mol. The molecule has 1 aliphatic rings. The van der Waals surface area contributed by atoms with E-state index in [-0.39, 0.29) is 17.7 Å². The fraction of sp³-hybridized carbons (Fsp3) is 0.407. The maximum atomic E-state index is 12.0. The lowest BCUT2D eigenvalue weighted by molar-refractivity contribution is 0.0962. The molecule has 1 amide bonds. The molecule has 3 heterocycles. The second-order valence-corrected chi connectivity index (χ2v) is 9.07. The zero-order valence-electron chi connectivity index (χ0n) is 20.9. The zero-order valence-corrected chi connectivity index (χ0v) is 20.9. The second kappa shape index (κ2) is 11.2. The highest BCUT2D eigenvalue weighted by Crippen LogP contribution is 2.33. The van der Waals surface area contributed by atoms with Gasteiger partial charge in [-0.25, -0.2) is 15.0 Å². The summed E-state index contributed by atoms with van der Waals surface area (Å²) in [6, 6.07) is 11.7. The third-order valence-corrected chi connectivity index (χ3v) is 6.81. The van der Waals surface area contributed by atoms with Crippen LogP contribution in [0.5, 0.6) is 5.75 Å². The number of methoxy groups -OCH3 is 1. The molecule has 0 bridgehead atoms. The van der Waals surface area contributed by atoms with Crippen molar-refractivity contribution in [2.24, 2.45) is 5.92 Å². The Morgan fingerprint density at radius 3 is 2.57 bits per heavy atom. The van der Waals surface area contributed by atoms with Gasteiger partial charge in [0.15, 0.2) is 0 Å². The van der Waals surface area contributed by atoms with Gasteiger partial charge in [-0.05, 0) is 54.5 Å². The van der Waals surface area contributed by atoms with Crippen LogP contribution in [0.15, 0.2) is 48.9 Å². The molecule has 4 rings (SSSR count). The van der Waals surface area contributed by atoms with Crippen molar-refractivity contribution < 1.29 is 9.53 Å². The fourth-order valence-electron chi connectivity index (χ4n) is 4.40. The van der Waals surface area contributed by atoms with Gasteiger partial charge in [0.05, 0.1) is 12.8 Å². The third-order valence-electron chi connectivity index (χ3n) is 6.81. The van der Waals surface area contributed by atoms with Crippen LogP contribution >= 0.6 is 0 Å². The highest BCUT2D eigenvalue weighted by atomic mass is 16.5. The molecule has 8 heteroatoms. The molecule has 1 aromatic carbocycles. The molecule has 2 N–H and O–H groups in total. The Balaban J connectivity index is 1.40. The molecule has 8 nitrogen and oxygen atoms in total. The minimum atomic E-state index is -0.127. The van der Waals surface area contributed by atoms with E-state index in [2.05, 4.69) is 56.5 Å². The Morgan fingerprint density at radius 1 is 1.09 bits per heavy atom. The first-order valence-corrected chi connectivity index (χ1v) is 12.2. The molecule has 3 aromatic rings. The number of hydrogen-bond donors (Lipinski definition) is 2. The first-order chi connectivity index (χ1) is 17.0. The highest BCUT2D eigenvalue weighted by Gasteiger charge is 2.20. The third kappa shape index (κ3) is 5.70. The van der Waals surface area contributed by atoms with E-state index in [1.807, 2.05) is 24.4 Å². The lowest BCUT2D eigenvalue weighted by Crippen LogP contribution is -2.20. The van der Waals surface area contributed by atoms with Crippen molar-refractivity contribution in [3.63, 3.8) is 0 Å². The monoisotopic (exact) mass is 474 g/mol. The second-order valence-electron chi connectivity index (χ2n) is 9.07. The molecule has 0 radical (unpaired) electrons. The molecular formula is C27H34N6O2. The van der Waals surface area contributed by atoms with Gasteiger partial charge in [-0.1, -0.05) is 19.9 Å². The standard InChI is InChI=1S/C27H34N6O2/c1-18(19(2)22-9-7-20(27(34)28-3)13-24(22)35-4)15-29-25-14-23(31-17-32-25)21-8-10-26(30-16-21)33-11-5-6-12-33/h7-10,13-14,16-19H,5-6,11-12,15H2,1-4H3,(H,28,34)(H,29,31,32)/t18-,19?/m1/s1. The van der Waals surface area contributed by atoms with Crippen LogP contribution in [-0.2, 0) is 0 Å². The van der Waals surface area contributed by atoms with Crippen molar-refractivity contribution in [2.45, 2.75) is 32.6 Å². The number of hydrogen-bond acceptors (Lipinski definition) is 7. The van der Waals surface area contributed by atoms with Gasteiger partial charge < -0.3 is 20.3 Å². The summed E-state index contributed by atoms with van der Waals surface area (Å²) >= 11 is 0. The Morgan fingerprint density at radius 2 is 1.89 bits per heavy atom. The van der Waals surface area contributed by atoms with Crippen molar-refractivity contribution in [1.29, 1.82) is 0 Å². The number of amides is 1. The maximum absolute atomic E-state index is 12.0. The van der Waals surface area contributed by atoms with Crippen LogP contribution in [0.1, 0.15) is 48.5 Å². The van der Waals surface area contributed by atoms with Crippen molar-refractivity contribution >= 4 is 17.5 Å². The van der Waals surface area contributed by atoms with E-state index in [1.165, 1.54) is 12.8 Å². The Labute approximate surface area is 207 Å². The van der Waals surface area contributed by atoms with Gasteiger partial charge >= 0.3 is 0 Å². The van der Waals surface area contributed by atoms with Crippen LogP contribution in [0.25, 0.3) is 11.3 Å². The first kappa shape index (κ1) is 24.4. The Hall–Kier alpha value is -3.68. The molecule has 0 spiro atoms. The summed E-state index contributed by atoms with van der Waals surface area (Å²) in [5.41, 5.74) is 3.47. The van der Waals surface area contributed by atoms with E-state index in [9.17, 15) is 4.79 Å². The van der Waals surface area contributed by atoms with Crippen molar-refractivity contribution in [2.75, 3.05) is 44.0 Å². The van der Waals surface area contributed by atoms with Crippen LogP contribution < -0.4 is 20.3 Å². The van der Waals surface area contributed by atoms with E-state index in [0.29, 0.717) is 5.56 Å². The van der Waals surface area contributed by atoms with Crippen LogP contribution in [-0.4, -0.2) is 54.7 Å². The van der Waals surface area contributed by atoms with Crippen LogP contribution in [0.2, 0.25) is 0 Å². The van der Waals surface area contributed by atoms with Crippen molar-refractivity contribution in [3.8, 4) is 17.0 Å². The van der Waals surface area contributed by atoms with Crippen LogP contribution in [0.4, 0.5) is 11.6 Å². The van der Waals surface area contributed by atoms with Gasteiger partial charge in [-0.15, -0.1) is 0 Å². The molecule has 184 valence electrons. The van der Waals surface area contributed by atoms with Gasteiger partial charge in [0.1, 0.15) is 23.7 Å². The Bertz CT molecular complexity index is 1140. The number of ether oxygens (including phenoxy) is 1. The number of aromatic nitrogens is 3. The minimum Gasteiger partial charge on any atom is -0.496 e. The normalized spacial score (nSPS) is 14.9. The number of pyridine rings is 1. The SMILES string of the molecule is CNC(=O)c1ccc(C(C)[C@H](C)CNc2cc(-c3ccc(N4CCCC4)nc3)ncn2)c(OC)c1. The molecule has 1 unspecified atom stereocenters. The summed E-state index contributed by atoms with van der Waals surface area (Å²) in [5, 5.41) is 6.10. The average Bonchev–Trinajstić information content (AvgIpc) is 3.46. The summed E-state index contributed by atoms with van der Waals surface area (Å²) in [6.07, 6.45) is 5.94. The summed E-state index contributed by atoms with van der Waals surface area (Å²) < 4.78 is 5.59. The van der Waals surface area contributed by atoms with E-state index in [1.54, 1.807) is 26.6 Å². The van der Waals surface area contributed by atoms with Crippen LogP contribution in [0.3, 0.4) is 0 Å². The predicted molar refractivity (Wildman–Crippen MR) is 139 cm³/mol. The number of carbonyl (C=O) groups is 1. The topological polar surface area (TPSA) is 92.3 Å². The quantitative estimate of drug-likeness (QED) is 0.476. The number of nitrogens with one attached hydrogen (secondary N) is 2. The highest BCUT2D eigenvalue weighted by molar-refractivity contribution is 5.94. The zero-order chi connectivity index (χ0) is 24.8. The predicted octanol–water partition coefficient (Wildman–Crippen LogP) is 4.36. The molecule has 0 saturated carbocycles. The van der Waals surface area contributed by atoms with Gasteiger partial charge in [0.2, 0.25) is 0 Å². The lowest BCUT2D eigenvalue weighted by atomic mass is 9.87. The lowest BCUT2D eigenvalue weighted by Gasteiger charge is -2.23. The molecule has 0 aliphatic carbocycles. The van der Waals surface area contributed by atoms with Gasteiger partial charge in [0.25, 0.3) is 5.91 Å². The largest absolute Gasteiger partial charge is 0.496 e. The summed E-state index contributed by atoms with van der Waals surface area (Å²) in [7, 11) is 3.26. The van der Waals surface area contributed by atoms with E-state index in [0.717, 1.165) is 53.8 Å². The smallest absolute Gasteiger partial charge is 0.251 e. The number of benzene rings is 1. The van der Waals surface area contributed by atoms with E-state index in [4.69, 9.17) is 4.74 Å². The molecule has 2 aromatic heterocycles. The summed E-state index contributed by atoms with van der Waals surface area (Å²) in [6.45, 7) is 7.24. The number of rotatable bonds is 9. The van der Waals surface area contributed by atoms with Crippen LogP contribution in [0, 0.1) is 5.92 Å². The van der Waals surface area contributed by atoms with Crippen molar-refractivity contribution in [3.05, 3.63) is 60.0 Å². The van der Waals surface area contributed by atoms with E-state index >= 15 is 0 Å². The summed E-state index contributed by atoms with van der Waals surface area (Å²) in [5.74, 6) is 2.89. The van der Waals surface area contributed by atoms with Gasteiger partial charge in [-0.2, -0.15) is 0 Å². The molecule has 1 aliphatic heterocycles. The van der Waals surface area contributed by atoms with Gasteiger partial charge in [-0.3, -0.25) is 4.79 Å².